The Hall–Kier alpha value is -0.530. The fourth-order valence-corrected chi connectivity index (χ4v) is 1.24. The number of hydrogen-bond donors (Lipinski definition) is 4. The summed E-state index contributed by atoms with van der Waals surface area (Å²) in [6.07, 6.45) is -5.69. The van der Waals surface area contributed by atoms with Crippen LogP contribution in [0.2, 0.25) is 0 Å². The lowest BCUT2D eigenvalue weighted by molar-refractivity contribution is -0.319. The van der Waals surface area contributed by atoms with E-state index in [4.69, 9.17) is 5.11 Å². The Morgan fingerprint density at radius 1 is 1.31 bits per heavy atom. The Kier molecular flexibility index (Phi) is 2.69. The first-order chi connectivity index (χ1) is 5.92. The van der Waals surface area contributed by atoms with Crippen molar-refractivity contribution < 1.29 is 30.0 Å². The van der Waals surface area contributed by atoms with Crippen LogP contribution in [0.4, 0.5) is 0 Å². The maximum Gasteiger partial charge on any atom is 0.253 e. The highest BCUT2D eigenvalue weighted by molar-refractivity contribution is 5.61. The fourth-order valence-electron chi connectivity index (χ4n) is 1.24. The van der Waals surface area contributed by atoms with Crippen LogP contribution in [0.3, 0.4) is 0 Å². The van der Waals surface area contributed by atoms with Crippen molar-refractivity contribution in [2.45, 2.75) is 37.1 Å². The van der Waals surface area contributed by atoms with Crippen LogP contribution >= 0.6 is 0 Å². The molecule has 1 saturated heterocycles. The molecule has 0 aromatic heterocycles. The molecule has 0 radical (unpaired) electrons. The molecule has 0 aromatic carbocycles. The number of carbonyl (C=O) groups excluding carboxylic acids is 1. The second-order valence-electron chi connectivity index (χ2n) is 3.12. The Morgan fingerprint density at radius 3 is 2.31 bits per heavy atom. The second kappa shape index (κ2) is 3.32. The molecule has 76 valence electrons. The number of aldehydes is 1. The average molecular weight is 192 g/mol. The molecule has 1 unspecified atom stereocenters. The molecule has 1 aliphatic heterocycles. The maximum atomic E-state index is 10.4. The van der Waals surface area contributed by atoms with Crippen molar-refractivity contribution in [3.63, 3.8) is 0 Å². The highest BCUT2D eigenvalue weighted by Crippen LogP contribution is 2.26. The number of aliphatic hydroxyl groups is 4. The van der Waals surface area contributed by atoms with Crippen LogP contribution < -0.4 is 0 Å². The molecule has 6 heteroatoms. The first kappa shape index (κ1) is 10.6. The van der Waals surface area contributed by atoms with Gasteiger partial charge in [0.15, 0.2) is 6.29 Å². The fraction of sp³-hybridized carbons (Fsp3) is 0.857. The zero-order chi connectivity index (χ0) is 10.2. The van der Waals surface area contributed by atoms with Gasteiger partial charge in [0.1, 0.15) is 18.3 Å². The molecule has 1 rings (SSSR count). The summed E-state index contributed by atoms with van der Waals surface area (Å²) >= 11 is 0. The van der Waals surface area contributed by atoms with Crippen LogP contribution in [0.15, 0.2) is 0 Å². The van der Waals surface area contributed by atoms with Crippen molar-refractivity contribution in [3.05, 3.63) is 0 Å². The van der Waals surface area contributed by atoms with Crippen LogP contribution in [0.1, 0.15) is 6.92 Å². The van der Waals surface area contributed by atoms with Crippen molar-refractivity contribution in [3.8, 4) is 0 Å². The number of carbonyl (C=O) groups is 1. The standard InChI is InChI=1S/C7H12O6/c1-3-4(9)5(10)6(11)7(12,2-8)13-3/h2-6,9-12H,1H3/t3-,4-,5+,6+,7?/m0/s1. The molecule has 6 nitrogen and oxygen atoms in total. The molecule has 1 heterocycles. The van der Waals surface area contributed by atoms with Crippen molar-refractivity contribution in [1.29, 1.82) is 0 Å². The van der Waals surface area contributed by atoms with E-state index in [2.05, 4.69) is 4.74 Å². The summed E-state index contributed by atoms with van der Waals surface area (Å²) in [6, 6.07) is 0. The molecule has 0 spiro atoms. The molecule has 0 bridgehead atoms. The lowest BCUT2D eigenvalue weighted by Crippen LogP contribution is -2.64. The minimum atomic E-state index is -2.43. The zero-order valence-corrected chi connectivity index (χ0v) is 6.99. The third-order valence-electron chi connectivity index (χ3n) is 2.12. The van der Waals surface area contributed by atoms with E-state index < -0.39 is 30.2 Å². The minimum Gasteiger partial charge on any atom is -0.388 e. The molecule has 1 fully saturated rings. The summed E-state index contributed by atoms with van der Waals surface area (Å²) in [7, 11) is 0. The van der Waals surface area contributed by atoms with E-state index in [1.807, 2.05) is 0 Å². The van der Waals surface area contributed by atoms with E-state index in [9.17, 15) is 20.1 Å². The highest BCUT2D eigenvalue weighted by Gasteiger charge is 2.51. The zero-order valence-electron chi connectivity index (χ0n) is 6.99. The van der Waals surface area contributed by atoms with Gasteiger partial charge in [-0.3, -0.25) is 4.79 Å². The summed E-state index contributed by atoms with van der Waals surface area (Å²) in [5.41, 5.74) is 0. The number of aliphatic hydroxyl groups excluding tert-OH is 3. The molecule has 0 amide bonds. The van der Waals surface area contributed by atoms with Crippen LogP contribution in [0, 0.1) is 0 Å². The van der Waals surface area contributed by atoms with Gasteiger partial charge in [-0.15, -0.1) is 0 Å². The molecule has 4 N–H and O–H groups in total. The van der Waals surface area contributed by atoms with Gasteiger partial charge in [-0.1, -0.05) is 0 Å². The van der Waals surface area contributed by atoms with E-state index >= 15 is 0 Å². The molecular formula is C7H12O6. The summed E-state index contributed by atoms with van der Waals surface area (Å²) in [5, 5.41) is 36.8. The Morgan fingerprint density at radius 2 is 1.85 bits per heavy atom. The Bertz CT molecular complexity index is 207. The number of ether oxygens (including phenoxy) is 1. The van der Waals surface area contributed by atoms with Crippen LogP contribution in [0.25, 0.3) is 0 Å². The Labute approximate surface area is 74.4 Å². The van der Waals surface area contributed by atoms with Crippen molar-refractivity contribution in [1.82, 2.24) is 0 Å². The van der Waals surface area contributed by atoms with E-state index in [1.54, 1.807) is 0 Å². The average Bonchev–Trinajstić information content (AvgIpc) is 2.12. The first-order valence-electron chi connectivity index (χ1n) is 3.83. The topological polar surface area (TPSA) is 107 Å². The SMILES string of the molecule is C[C@@H]1OC(O)(C=O)[C@H](O)[C@H](O)[C@H]1O. The van der Waals surface area contributed by atoms with Gasteiger partial charge in [0.2, 0.25) is 0 Å². The quantitative estimate of drug-likeness (QED) is 0.339. The second-order valence-corrected chi connectivity index (χ2v) is 3.12. The monoisotopic (exact) mass is 192 g/mol. The van der Waals surface area contributed by atoms with Crippen molar-refractivity contribution in [2.75, 3.05) is 0 Å². The van der Waals surface area contributed by atoms with Gasteiger partial charge < -0.3 is 25.2 Å². The van der Waals surface area contributed by atoms with Gasteiger partial charge in [0.05, 0.1) is 6.10 Å². The summed E-state index contributed by atoms with van der Waals surface area (Å²) < 4.78 is 4.65. The maximum absolute atomic E-state index is 10.4. The molecule has 1 aliphatic rings. The molecule has 13 heavy (non-hydrogen) atoms. The number of rotatable bonds is 1. The van der Waals surface area contributed by atoms with Crippen LogP contribution in [-0.4, -0.2) is 56.9 Å². The molecule has 0 saturated carbocycles. The smallest absolute Gasteiger partial charge is 0.253 e. The third-order valence-corrected chi connectivity index (χ3v) is 2.12. The first-order valence-corrected chi connectivity index (χ1v) is 3.83. The lowest BCUT2D eigenvalue weighted by atomic mass is 9.94. The van der Waals surface area contributed by atoms with E-state index in [1.165, 1.54) is 6.92 Å². The summed E-state index contributed by atoms with van der Waals surface area (Å²) in [6.45, 7) is 1.37. The normalized spacial score (nSPS) is 51.8. The van der Waals surface area contributed by atoms with E-state index in [0.29, 0.717) is 0 Å². The van der Waals surface area contributed by atoms with Crippen LogP contribution in [0.5, 0.6) is 0 Å². The van der Waals surface area contributed by atoms with Gasteiger partial charge in [-0.2, -0.15) is 0 Å². The largest absolute Gasteiger partial charge is 0.388 e. The number of hydrogen-bond acceptors (Lipinski definition) is 6. The lowest BCUT2D eigenvalue weighted by Gasteiger charge is -2.41. The van der Waals surface area contributed by atoms with Crippen molar-refractivity contribution >= 4 is 6.29 Å². The Balaban J connectivity index is 2.88. The molecular weight excluding hydrogens is 180 g/mol. The molecule has 5 atom stereocenters. The van der Waals surface area contributed by atoms with Gasteiger partial charge >= 0.3 is 0 Å². The summed E-state index contributed by atoms with van der Waals surface area (Å²) in [4.78, 5) is 10.4. The van der Waals surface area contributed by atoms with Crippen molar-refractivity contribution in [2.24, 2.45) is 0 Å². The summed E-state index contributed by atoms with van der Waals surface area (Å²) in [5.74, 6) is -2.43. The van der Waals surface area contributed by atoms with Gasteiger partial charge in [-0.25, -0.2) is 0 Å². The van der Waals surface area contributed by atoms with Gasteiger partial charge in [-0.05, 0) is 6.92 Å². The van der Waals surface area contributed by atoms with E-state index in [-0.39, 0.29) is 6.29 Å². The predicted molar refractivity (Wildman–Crippen MR) is 39.6 cm³/mol. The molecule has 0 aromatic rings. The predicted octanol–water partition coefficient (Wildman–Crippen LogP) is -2.62. The van der Waals surface area contributed by atoms with Gasteiger partial charge in [0, 0.05) is 0 Å². The van der Waals surface area contributed by atoms with Crippen LogP contribution in [-0.2, 0) is 9.53 Å². The minimum absolute atomic E-state index is 0.0106. The molecule has 0 aliphatic carbocycles. The highest BCUT2D eigenvalue weighted by atomic mass is 16.7. The third kappa shape index (κ3) is 1.59. The van der Waals surface area contributed by atoms with E-state index in [0.717, 1.165) is 0 Å². The van der Waals surface area contributed by atoms with Gasteiger partial charge in [0.25, 0.3) is 5.79 Å².